The Hall–Kier alpha value is -1.04. The Morgan fingerprint density at radius 1 is 0.833 bits per heavy atom. The molecule has 0 saturated heterocycles. The Labute approximate surface area is 70.3 Å². The van der Waals surface area contributed by atoms with Gasteiger partial charge in [0.1, 0.15) is 0 Å². The third-order valence-corrected chi connectivity index (χ3v) is 0. The lowest BCUT2D eigenvalue weighted by atomic mass is 12.0. The highest BCUT2D eigenvalue weighted by atomic mass is 16.7. The highest BCUT2D eigenvalue weighted by Gasteiger charge is 0.732. The minimum atomic E-state index is 0. The Kier molecular flexibility index (Phi) is 17400. The molecule has 0 aromatic rings. The standard InChI is InChI=1S/2CH4.H3NO.2H3N.2O2.2H2O/c;;1-2;;;2*1-2;;/h2*1H4;2H,1H2;2*1H3;;;2*1H2. The third kappa shape index (κ3) is 525. The Morgan fingerprint density at radius 2 is 0.833 bits per heavy atom. The highest BCUT2D eigenvalue weighted by molar-refractivity contribution is 4.08. The van der Waals surface area contributed by atoms with Gasteiger partial charge in [0.25, 0.3) is 0 Å². The quantitative estimate of drug-likeness (QED) is 0.393. The Balaban J connectivity index is -0.00000000129. The molecule has 13 N–H and O–H groups in total. The maximum Gasteiger partial charge on any atom is 0 e. The van der Waals surface area contributed by atoms with Crippen molar-refractivity contribution in [2.75, 3.05) is 0 Å². The van der Waals surface area contributed by atoms with Gasteiger partial charge in [0.2, 0.25) is 0 Å². The van der Waals surface area contributed by atoms with Crippen LogP contribution in [0.5, 0.6) is 0 Å². The van der Waals surface area contributed by atoms with E-state index in [4.69, 9.17) is 25.1 Å². The zero-order valence-corrected chi connectivity index (χ0v) is 5.31. The van der Waals surface area contributed by atoms with E-state index in [2.05, 4.69) is 5.90 Å². The molecule has 0 heterocycles. The van der Waals surface area contributed by atoms with Crippen molar-refractivity contribution in [1.82, 2.24) is 12.3 Å². The van der Waals surface area contributed by atoms with E-state index in [1.807, 2.05) is 0 Å². The van der Waals surface area contributed by atoms with Gasteiger partial charge in [0, 0.05) is 19.9 Å². The van der Waals surface area contributed by atoms with Crippen molar-refractivity contribution >= 4 is 0 Å². The maximum atomic E-state index is 7.00. The van der Waals surface area contributed by atoms with Gasteiger partial charge in [0.15, 0.2) is 0 Å². The molecule has 0 fully saturated rings. The predicted octanol–water partition coefficient (Wildman–Crippen LogP) is 0.277. The number of nitrogens with two attached hydrogens (primary N) is 1. The average molecular weight is 199 g/mol. The van der Waals surface area contributed by atoms with Crippen LogP contribution in [0.25, 0.3) is 0 Å². The molecule has 0 aliphatic carbocycles. The average Bonchev–Trinajstić information content (AvgIpc) is 1.81. The normalized spacial score (nSPS) is 1.17. The fourth-order valence-electron chi connectivity index (χ4n) is 0. The molecule has 0 aliphatic rings. The van der Waals surface area contributed by atoms with Crippen LogP contribution >= 0.6 is 0 Å². The Morgan fingerprint density at radius 3 is 0.833 bits per heavy atom. The molecule has 0 aliphatic heterocycles. The monoisotopic (exact) mass is 199 g/mol. The second-order valence-corrected chi connectivity index (χ2v) is 0. The maximum absolute atomic E-state index is 7.00. The number of hydrogen-bond acceptors (Lipinski definition) is 8. The molecule has 0 amide bonds. The summed E-state index contributed by atoms with van der Waals surface area (Å²) in [5, 5.41) is 6.50. The van der Waals surface area contributed by atoms with Crippen molar-refractivity contribution in [3.05, 3.63) is 19.9 Å². The van der Waals surface area contributed by atoms with Crippen LogP contribution in [0.1, 0.15) is 14.9 Å². The van der Waals surface area contributed by atoms with E-state index in [0.29, 0.717) is 0 Å². The van der Waals surface area contributed by atoms with Gasteiger partial charge in [-0.1, -0.05) is 14.9 Å². The summed E-state index contributed by atoms with van der Waals surface area (Å²) in [5.41, 5.74) is 0. The summed E-state index contributed by atoms with van der Waals surface area (Å²) in [6, 6.07) is 0. The molecule has 0 radical (unpaired) electrons. The van der Waals surface area contributed by atoms with Crippen molar-refractivity contribution in [2.45, 2.75) is 14.9 Å². The zero-order valence-electron chi connectivity index (χ0n) is 5.31. The minimum absolute atomic E-state index is 0. The van der Waals surface area contributed by atoms with Crippen LogP contribution in [0.15, 0.2) is 0 Å². The summed E-state index contributed by atoms with van der Waals surface area (Å²) in [6.45, 7) is 0. The molecule has 0 rings (SSSR count). The molecule has 0 aromatic heterocycles. The molecule has 12 heavy (non-hydrogen) atoms. The molecule has 0 bridgehead atoms. The summed E-state index contributed by atoms with van der Waals surface area (Å²) in [7, 11) is 0. The molecule has 10 nitrogen and oxygen atoms in total. The molecule has 10 heteroatoms. The van der Waals surface area contributed by atoms with E-state index in [1.54, 1.807) is 0 Å². The van der Waals surface area contributed by atoms with Crippen LogP contribution < -0.4 is 18.2 Å². The topological polar surface area (TPSA) is 248 Å². The summed E-state index contributed by atoms with van der Waals surface area (Å²) in [4.78, 5) is 28.0. The van der Waals surface area contributed by atoms with Gasteiger partial charge in [0.05, 0.1) is 0 Å². The van der Waals surface area contributed by atoms with E-state index in [-0.39, 0.29) is 38.1 Å². The zero-order chi connectivity index (χ0) is 6.00. The summed E-state index contributed by atoms with van der Waals surface area (Å²) < 4.78 is 0. The first-order valence-electron chi connectivity index (χ1n) is 0.592. The fraction of sp³-hybridized carbons (Fsp3) is 1.00. The smallest absolute Gasteiger partial charge is 0 e. The molecule has 0 atom stereocenters. The second-order valence-electron chi connectivity index (χ2n) is 0. The van der Waals surface area contributed by atoms with Crippen LogP contribution in [0.3, 0.4) is 0 Å². The van der Waals surface area contributed by atoms with E-state index in [0.717, 1.165) is 0 Å². The summed E-state index contributed by atoms with van der Waals surface area (Å²) in [5.74, 6) is 3.50. The first-order chi connectivity index (χ1) is 3.00. The fourth-order valence-corrected chi connectivity index (χ4v) is 0. The van der Waals surface area contributed by atoms with Gasteiger partial charge in [-0.3, -0.25) is 0 Å². The first-order valence-corrected chi connectivity index (χ1v) is 0.592. The van der Waals surface area contributed by atoms with Crippen molar-refractivity contribution in [2.24, 2.45) is 5.90 Å². The largest absolute Gasteiger partial charge is 0.870 e. The van der Waals surface area contributed by atoms with Crippen molar-refractivity contribution in [3.8, 4) is 0 Å². The molecule has 0 unspecified atom stereocenters. The van der Waals surface area contributed by atoms with Gasteiger partial charge in [-0.2, -0.15) is 0 Å². The van der Waals surface area contributed by atoms with Gasteiger partial charge >= 0.3 is 0 Å². The lowest BCUT2D eigenvalue weighted by Crippen LogP contribution is -1.72. The van der Waals surface area contributed by atoms with Crippen LogP contribution in [-0.4, -0.2) is 16.2 Å². The van der Waals surface area contributed by atoms with Crippen LogP contribution in [-0.2, 0) is 0 Å². The molecular formula is C2H21N3O7. The number of rotatable bonds is 0. The lowest BCUT2D eigenvalue weighted by Gasteiger charge is -1.27. The predicted molar refractivity (Wildman–Crippen MR) is 49.5 cm³/mol. The van der Waals surface area contributed by atoms with E-state index in [9.17, 15) is 0 Å². The van der Waals surface area contributed by atoms with E-state index < -0.39 is 0 Å². The SMILES string of the molecule is C.C.N.NO.O.O=O.O=O.[NH4+].[OH-]. The number of hydrogen-bond donors (Lipinski definition) is 4. The van der Waals surface area contributed by atoms with Crippen LogP contribution in [0.2, 0.25) is 0 Å². The second kappa shape index (κ2) is 739. The molecule has 0 spiro atoms. The van der Waals surface area contributed by atoms with Gasteiger partial charge < -0.3 is 28.5 Å². The van der Waals surface area contributed by atoms with E-state index in [1.165, 1.54) is 0 Å². The van der Waals surface area contributed by atoms with Crippen molar-refractivity contribution in [1.29, 1.82) is 0 Å². The number of quaternary nitrogens is 1. The minimum Gasteiger partial charge on any atom is -0.870 e. The van der Waals surface area contributed by atoms with Crippen molar-refractivity contribution < 1.29 is 16.2 Å². The van der Waals surface area contributed by atoms with E-state index >= 15 is 0 Å². The van der Waals surface area contributed by atoms with Crippen molar-refractivity contribution in [3.63, 3.8) is 0 Å². The summed E-state index contributed by atoms with van der Waals surface area (Å²) in [6.07, 6.45) is 0. The van der Waals surface area contributed by atoms with Gasteiger partial charge in [-0.15, -0.1) is 0 Å². The van der Waals surface area contributed by atoms with Crippen LogP contribution in [0, 0.1) is 19.9 Å². The third-order valence-electron chi connectivity index (χ3n) is 0. The van der Waals surface area contributed by atoms with Crippen LogP contribution in [0.4, 0.5) is 0 Å². The lowest BCUT2D eigenvalue weighted by molar-refractivity contribution is 0.311. The van der Waals surface area contributed by atoms with Gasteiger partial charge in [-0.25, -0.2) is 5.90 Å². The molecule has 0 saturated carbocycles. The summed E-state index contributed by atoms with van der Waals surface area (Å²) >= 11 is 0. The highest BCUT2D eigenvalue weighted by Crippen LogP contribution is 0.743. The molecule has 86 valence electrons. The van der Waals surface area contributed by atoms with Gasteiger partial charge in [-0.05, 0) is 0 Å². The molecule has 0 aromatic carbocycles. The Bertz CT molecular complexity index is 18.6. The first kappa shape index (κ1) is 283. The molecular weight excluding hydrogens is 178 g/mol.